The van der Waals surface area contributed by atoms with Crippen LogP contribution in [0.4, 0.5) is 0 Å². The van der Waals surface area contributed by atoms with E-state index in [0.717, 1.165) is 38.3 Å². The van der Waals surface area contributed by atoms with Crippen LogP contribution in [0.3, 0.4) is 0 Å². The first-order chi connectivity index (χ1) is 8.94. The Balaban J connectivity index is 2.22. The molecule has 2 aliphatic rings. The van der Waals surface area contributed by atoms with Gasteiger partial charge in [-0.3, -0.25) is 4.90 Å². The molecule has 19 heavy (non-hydrogen) atoms. The van der Waals surface area contributed by atoms with Crippen molar-refractivity contribution in [3.8, 4) is 0 Å². The number of hydrogen-bond acceptors (Lipinski definition) is 4. The van der Waals surface area contributed by atoms with E-state index in [4.69, 9.17) is 5.73 Å². The molecule has 2 atom stereocenters. The Morgan fingerprint density at radius 2 is 1.95 bits per heavy atom. The molecular formula is C14H28N2O2S. The molecule has 0 aromatic rings. The van der Waals surface area contributed by atoms with Crippen molar-refractivity contribution in [3.05, 3.63) is 0 Å². The number of rotatable bonds is 6. The maximum atomic E-state index is 12.1. The number of likely N-dealkylation sites (N-methyl/N-ethyl adjacent to an activating group) is 1. The summed E-state index contributed by atoms with van der Waals surface area (Å²) >= 11 is 0. The second-order valence-corrected chi connectivity index (χ2v) is 8.58. The molecule has 2 rings (SSSR count). The van der Waals surface area contributed by atoms with E-state index < -0.39 is 9.84 Å². The molecule has 2 aliphatic carbocycles. The van der Waals surface area contributed by atoms with Crippen LogP contribution in [0.15, 0.2) is 0 Å². The molecule has 0 aromatic carbocycles. The molecule has 0 spiro atoms. The van der Waals surface area contributed by atoms with Crippen molar-refractivity contribution in [1.82, 2.24) is 4.90 Å². The van der Waals surface area contributed by atoms with Gasteiger partial charge in [0.15, 0.2) is 9.84 Å². The Kier molecular flexibility index (Phi) is 4.58. The molecule has 0 saturated heterocycles. The molecule has 112 valence electrons. The van der Waals surface area contributed by atoms with E-state index in [1.807, 2.05) is 0 Å². The Labute approximate surface area is 117 Å². The fraction of sp³-hybridized carbons (Fsp3) is 1.00. The SMILES string of the molecule is CCN(CC1CCC1)C1(CN)CCCC1S(C)(=O)=O. The van der Waals surface area contributed by atoms with Crippen molar-refractivity contribution in [2.45, 2.75) is 56.2 Å². The Morgan fingerprint density at radius 1 is 1.26 bits per heavy atom. The molecule has 2 fully saturated rings. The van der Waals surface area contributed by atoms with E-state index in [-0.39, 0.29) is 10.8 Å². The van der Waals surface area contributed by atoms with Crippen molar-refractivity contribution in [3.63, 3.8) is 0 Å². The number of nitrogens with zero attached hydrogens (tertiary/aromatic N) is 1. The monoisotopic (exact) mass is 288 g/mol. The molecule has 0 radical (unpaired) electrons. The van der Waals surface area contributed by atoms with Crippen LogP contribution >= 0.6 is 0 Å². The third-order valence-electron chi connectivity index (χ3n) is 5.26. The van der Waals surface area contributed by atoms with Crippen LogP contribution in [0.5, 0.6) is 0 Å². The minimum Gasteiger partial charge on any atom is -0.329 e. The lowest BCUT2D eigenvalue weighted by atomic mass is 9.83. The molecule has 2 unspecified atom stereocenters. The van der Waals surface area contributed by atoms with E-state index in [1.54, 1.807) is 0 Å². The van der Waals surface area contributed by atoms with Gasteiger partial charge in [0.2, 0.25) is 0 Å². The molecule has 0 aromatic heterocycles. The van der Waals surface area contributed by atoms with E-state index in [1.165, 1.54) is 25.5 Å². The average Bonchev–Trinajstić information content (AvgIpc) is 2.72. The second-order valence-electron chi connectivity index (χ2n) is 6.35. The zero-order valence-electron chi connectivity index (χ0n) is 12.3. The van der Waals surface area contributed by atoms with Crippen LogP contribution < -0.4 is 5.73 Å². The summed E-state index contributed by atoms with van der Waals surface area (Å²) in [6, 6.07) is 0. The van der Waals surface area contributed by atoms with Crippen LogP contribution in [-0.4, -0.2) is 50.0 Å². The summed E-state index contributed by atoms with van der Waals surface area (Å²) in [6.45, 7) is 4.53. The molecule has 2 saturated carbocycles. The first-order valence-electron chi connectivity index (χ1n) is 7.58. The van der Waals surface area contributed by atoms with E-state index in [2.05, 4.69) is 11.8 Å². The molecule has 0 heterocycles. The summed E-state index contributed by atoms with van der Waals surface area (Å²) in [7, 11) is -3.02. The topological polar surface area (TPSA) is 63.4 Å². The first kappa shape index (κ1) is 15.3. The molecular weight excluding hydrogens is 260 g/mol. The molecule has 2 N–H and O–H groups in total. The third-order valence-corrected chi connectivity index (χ3v) is 6.97. The van der Waals surface area contributed by atoms with Gasteiger partial charge in [0.05, 0.1) is 5.25 Å². The van der Waals surface area contributed by atoms with Crippen LogP contribution in [0, 0.1) is 5.92 Å². The highest BCUT2D eigenvalue weighted by atomic mass is 32.2. The van der Waals surface area contributed by atoms with Crippen molar-refractivity contribution < 1.29 is 8.42 Å². The molecule has 4 nitrogen and oxygen atoms in total. The van der Waals surface area contributed by atoms with E-state index in [0.29, 0.717) is 6.54 Å². The van der Waals surface area contributed by atoms with Crippen molar-refractivity contribution >= 4 is 9.84 Å². The highest BCUT2D eigenvalue weighted by Gasteiger charge is 2.50. The predicted molar refractivity (Wildman–Crippen MR) is 78.9 cm³/mol. The van der Waals surface area contributed by atoms with Gasteiger partial charge in [-0.2, -0.15) is 0 Å². The van der Waals surface area contributed by atoms with Crippen molar-refractivity contribution in [1.29, 1.82) is 0 Å². The summed E-state index contributed by atoms with van der Waals surface area (Å²) < 4.78 is 24.2. The van der Waals surface area contributed by atoms with Gasteiger partial charge in [0.1, 0.15) is 0 Å². The second kappa shape index (κ2) is 5.70. The van der Waals surface area contributed by atoms with Gasteiger partial charge < -0.3 is 5.73 Å². The summed E-state index contributed by atoms with van der Waals surface area (Å²) in [5.74, 6) is 0.754. The smallest absolute Gasteiger partial charge is 0.152 e. The largest absolute Gasteiger partial charge is 0.329 e. The summed E-state index contributed by atoms with van der Waals surface area (Å²) in [5, 5.41) is -0.273. The molecule has 0 bridgehead atoms. The standard InChI is InChI=1S/C14H28N2O2S/c1-3-16(10-12-6-4-7-12)14(11-15)9-5-8-13(14)19(2,17)18/h12-13H,3-11,15H2,1-2H3. The zero-order chi connectivity index (χ0) is 14.1. The fourth-order valence-electron chi connectivity index (χ4n) is 3.97. The lowest BCUT2D eigenvalue weighted by Crippen LogP contribution is -2.61. The minimum absolute atomic E-state index is 0.273. The van der Waals surface area contributed by atoms with E-state index >= 15 is 0 Å². The van der Waals surface area contributed by atoms with Crippen molar-refractivity contribution in [2.75, 3.05) is 25.9 Å². The molecule has 0 amide bonds. The molecule has 5 heteroatoms. The van der Waals surface area contributed by atoms with Gasteiger partial charge in [-0.1, -0.05) is 19.8 Å². The van der Waals surface area contributed by atoms with Crippen LogP contribution in [-0.2, 0) is 9.84 Å². The van der Waals surface area contributed by atoms with Gasteiger partial charge in [0.25, 0.3) is 0 Å². The van der Waals surface area contributed by atoms with Gasteiger partial charge >= 0.3 is 0 Å². The predicted octanol–water partition coefficient (Wildman–Crippen LogP) is 1.40. The Bertz CT molecular complexity index is 406. The maximum Gasteiger partial charge on any atom is 0.152 e. The first-order valence-corrected chi connectivity index (χ1v) is 9.53. The fourth-order valence-corrected chi connectivity index (χ4v) is 5.73. The van der Waals surface area contributed by atoms with Gasteiger partial charge in [-0.15, -0.1) is 0 Å². The highest BCUT2D eigenvalue weighted by molar-refractivity contribution is 7.91. The highest BCUT2D eigenvalue weighted by Crippen LogP contribution is 2.40. The summed E-state index contributed by atoms with van der Waals surface area (Å²) in [4.78, 5) is 2.38. The quantitative estimate of drug-likeness (QED) is 0.802. The summed E-state index contributed by atoms with van der Waals surface area (Å²) in [5.41, 5.74) is 5.75. The Morgan fingerprint density at radius 3 is 2.37 bits per heavy atom. The lowest BCUT2D eigenvalue weighted by Gasteiger charge is -2.46. The number of hydrogen-bond donors (Lipinski definition) is 1. The average molecular weight is 288 g/mol. The lowest BCUT2D eigenvalue weighted by molar-refractivity contribution is 0.0695. The normalized spacial score (nSPS) is 32.7. The third kappa shape index (κ3) is 2.83. The number of nitrogens with two attached hydrogens (primary N) is 1. The van der Waals surface area contributed by atoms with Gasteiger partial charge in [0, 0.05) is 24.9 Å². The van der Waals surface area contributed by atoms with Gasteiger partial charge in [-0.25, -0.2) is 8.42 Å². The maximum absolute atomic E-state index is 12.1. The van der Waals surface area contributed by atoms with Crippen LogP contribution in [0.25, 0.3) is 0 Å². The van der Waals surface area contributed by atoms with Crippen LogP contribution in [0.1, 0.15) is 45.4 Å². The minimum atomic E-state index is -3.02. The van der Waals surface area contributed by atoms with E-state index in [9.17, 15) is 8.42 Å². The van der Waals surface area contributed by atoms with Gasteiger partial charge in [-0.05, 0) is 38.1 Å². The number of sulfone groups is 1. The van der Waals surface area contributed by atoms with Crippen molar-refractivity contribution in [2.24, 2.45) is 11.7 Å². The van der Waals surface area contributed by atoms with Crippen LogP contribution in [0.2, 0.25) is 0 Å². The Hall–Kier alpha value is -0.130. The summed E-state index contributed by atoms with van der Waals surface area (Å²) in [6.07, 6.45) is 7.98. The molecule has 0 aliphatic heterocycles. The zero-order valence-corrected chi connectivity index (χ0v) is 13.1.